The molecule has 1 fully saturated rings. The molecule has 2 heterocycles. The van der Waals surface area contributed by atoms with Crippen LogP contribution in [0.4, 0.5) is 14.3 Å². The Bertz CT molecular complexity index is 854. The molecule has 1 saturated heterocycles. The minimum atomic E-state index is -0.904. The molecule has 6 nitrogen and oxygen atoms in total. The van der Waals surface area contributed by atoms with E-state index >= 15 is 0 Å². The van der Waals surface area contributed by atoms with Crippen LogP contribution < -0.4 is 5.32 Å². The lowest BCUT2D eigenvalue weighted by Gasteiger charge is -2.19. The van der Waals surface area contributed by atoms with Gasteiger partial charge < -0.3 is 10.0 Å². The van der Waals surface area contributed by atoms with E-state index in [1.807, 2.05) is 13.0 Å². The molecule has 8 heteroatoms. The molecule has 1 unspecified atom stereocenters. The first-order chi connectivity index (χ1) is 12.3. The number of aliphatic carboxylic acids is 1. The molecule has 138 valence electrons. The summed E-state index contributed by atoms with van der Waals surface area (Å²) < 4.78 is 13.3. The summed E-state index contributed by atoms with van der Waals surface area (Å²) >= 11 is 1.35. The number of halogens is 1. The van der Waals surface area contributed by atoms with Crippen LogP contribution in [0.5, 0.6) is 0 Å². The fraction of sp³-hybridized carbons (Fsp3) is 0.389. The topological polar surface area (TPSA) is 82.5 Å². The predicted octanol–water partition coefficient (Wildman–Crippen LogP) is 3.51. The van der Waals surface area contributed by atoms with Crippen molar-refractivity contribution in [3.8, 4) is 0 Å². The average Bonchev–Trinajstić information content (AvgIpc) is 3.12. The molecule has 26 heavy (non-hydrogen) atoms. The fourth-order valence-corrected chi connectivity index (χ4v) is 3.94. The molecule has 1 aliphatic heterocycles. The van der Waals surface area contributed by atoms with Crippen LogP contribution in [0, 0.1) is 18.2 Å². The number of amides is 2. The minimum absolute atomic E-state index is 0.175. The predicted molar refractivity (Wildman–Crippen MR) is 97.0 cm³/mol. The van der Waals surface area contributed by atoms with Gasteiger partial charge in [0, 0.05) is 24.4 Å². The van der Waals surface area contributed by atoms with Crippen molar-refractivity contribution >= 4 is 28.5 Å². The number of carbonyl (C=O) groups excluding carboxylic acids is 1. The van der Waals surface area contributed by atoms with Crippen molar-refractivity contribution in [1.82, 2.24) is 9.88 Å². The Kier molecular flexibility index (Phi) is 4.95. The summed E-state index contributed by atoms with van der Waals surface area (Å²) in [6.07, 6.45) is 0.968. The van der Waals surface area contributed by atoms with Gasteiger partial charge in [-0.3, -0.25) is 10.1 Å². The van der Waals surface area contributed by atoms with E-state index in [0.29, 0.717) is 24.5 Å². The van der Waals surface area contributed by atoms with Gasteiger partial charge in [-0.25, -0.2) is 14.2 Å². The number of carboxylic acid groups (broad SMARTS) is 1. The lowest BCUT2D eigenvalue weighted by Crippen LogP contribution is -2.37. The molecule has 2 amide bonds. The second kappa shape index (κ2) is 7.03. The number of hydrogen-bond acceptors (Lipinski definition) is 4. The van der Waals surface area contributed by atoms with E-state index in [4.69, 9.17) is 0 Å². The summed E-state index contributed by atoms with van der Waals surface area (Å²) in [7, 11) is 0. The number of nitrogens with zero attached hydrogens (tertiary/aromatic N) is 2. The lowest BCUT2D eigenvalue weighted by molar-refractivity contribution is -0.146. The molecular weight excluding hydrogens is 357 g/mol. The van der Waals surface area contributed by atoms with Gasteiger partial charge in [-0.05, 0) is 38.0 Å². The van der Waals surface area contributed by atoms with Gasteiger partial charge >= 0.3 is 12.0 Å². The van der Waals surface area contributed by atoms with E-state index in [9.17, 15) is 19.1 Å². The summed E-state index contributed by atoms with van der Waals surface area (Å²) in [5, 5.41) is 12.5. The van der Waals surface area contributed by atoms with Crippen LogP contribution in [0.2, 0.25) is 0 Å². The number of rotatable bonds is 4. The third-order valence-corrected chi connectivity index (χ3v) is 5.71. The van der Waals surface area contributed by atoms with Crippen molar-refractivity contribution in [1.29, 1.82) is 0 Å². The van der Waals surface area contributed by atoms with Gasteiger partial charge in [-0.15, -0.1) is 11.3 Å². The van der Waals surface area contributed by atoms with Crippen LogP contribution in [0.15, 0.2) is 24.3 Å². The van der Waals surface area contributed by atoms with Gasteiger partial charge in [-0.1, -0.05) is 12.1 Å². The zero-order valence-corrected chi connectivity index (χ0v) is 15.4. The quantitative estimate of drug-likeness (QED) is 0.854. The SMILES string of the molecule is Cc1nc(NC(=O)N2CCC(C)(C(=O)O)C2)sc1Cc1cccc(F)c1. The van der Waals surface area contributed by atoms with Crippen molar-refractivity contribution < 1.29 is 19.1 Å². The van der Waals surface area contributed by atoms with Crippen molar-refractivity contribution in [3.05, 3.63) is 46.2 Å². The number of aromatic nitrogens is 1. The number of anilines is 1. The van der Waals surface area contributed by atoms with Crippen LogP contribution in [-0.2, 0) is 11.2 Å². The summed E-state index contributed by atoms with van der Waals surface area (Å²) in [4.78, 5) is 30.5. The second-order valence-electron chi connectivity index (χ2n) is 6.80. The molecule has 0 radical (unpaired) electrons. The van der Waals surface area contributed by atoms with E-state index in [1.165, 1.54) is 28.4 Å². The monoisotopic (exact) mass is 377 g/mol. The largest absolute Gasteiger partial charge is 0.481 e. The molecule has 0 bridgehead atoms. The fourth-order valence-electron chi connectivity index (χ4n) is 2.96. The van der Waals surface area contributed by atoms with E-state index < -0.39 is 11.4 Å². The highest BCUT2D eigenvalue weighted by molar-refractivity contribution is 7.15. The number of nitrogens with one attached hydrogen (secondary N) is 1. The molecule has 2 aromatic rings. The Labute approximate surface area is 154 Å². The van der Waals surface area contributed by atoms with Crippen molar-refractivity contribution in [2.75, 3.05) is 18.4 Å². The van der Waals surface area contributed by atoms with Gasteiger partial charge in [0.15, 0.2) is 5.13 Å². The summed E-state index contributed by atoms with van der Waals surface area (Å²) in [6.45, 7) is 4.06. The van der Waals surface area contributed by atoms with E-state index in [2.05, 4.69) is 10.3 Å². The number of thiazole rings is 1. The second-order valence-corrected chi connectivity index (χ2v) is 7.89. The Morgan fingerprint density at radius 3 is 2.88 bits per heavy atom. The molecule has 1 aliphatic rings. The van der Waals surface area contributed by atoms with E-state index in [1.54, 1.807) is 13.0 Å². The van der Waals surface area contributed by atoms with Gasteiger partial charge in [0.2, 0.25) is 0 Å². The molecule has 1 aromatic heterocycles. The maximum atomic E-state index is 13.3. The molecule has 0 aliphatic carbocycles. The zero-order chi connectivity index (χ0) is 18.9. The van der Waals surface area contributed by atoms with Gasteiger partial charge in [0.1, 0.15) is 5.82 Å². The molecule has 1 aromatic carbocycles. The van der Waals surface area contributed by atoms with Crippen LogP contribution in [0.25, 0.3) is 0 Å². The van der Waals surface area contributed by atoms with Crippen molar-refractivity contribution in [2.45, 2.75) is 26.7 Å². The first kappa shape index (κ1) is 18.3. The van der Waals surface area contributed by atoms with Crippen molar-refractivity contribution in [3.63, 3.8) is 0 Å². The number of likely N-dealkylation sites (tertiary alicyclic amines) is 1. The zero-order valence-electron chi connectivity index (χ0n) is 14.6. The number of aryl methyl sites for hydroxylation is 1. The molecule has 3 rings (SSSR count). The summed E-state index contributed by atoms with van der Waals surface area (Å²) in [6, 6.07) is 6.04. The Balaban J connectivity index is 1.66. The Hall–Kier alpha value is -2.48. The van der Waals surface area contributed by atoms with E-state index in [-0.39, 0.29) is 18.4 Å². The summed E-state index contributed by atoms with van der Waals surface area (Å²) in [5.74, 6) is -1.18. The minimum Gasteiger partial charge on any atom is -0.481 e. The standard InChI is InChI=1S/C18H20FN3O3S/c1-11-14(9-12-4-3-5-13(19)8-12)26-16(20-11)21-17(25)22-7-6-18(2,10-22)15(23)24/h3-5,8H,6-7,9-10H2,1-2H3,(H,23,24)(H,20,21,25). The highest BCUT2D eigenvalue weighted by Crippen LogP contribution is 2.31. The molecule has 1 atom stereocenters. The third kappa shape index (κ3) is 3.85. The van der Waals surface area contributed by atoms with Crippen LogP contribution >= 0.6 is 11.3 Å². The first-order valence-electron chi connectivity index (χ1n) is 8.27. The third-order valence-electron chi connectivity index (χ3n) is 4.64. The molecule has 0 saturated carbocycles. The highest BCUT2D eigenvalue weighted by Gasteiger charge is 2.42. The van der Waals surface area contributed by atoms with Gasteiger partial charge in [0.25, 0.3) is 0 Å². The smallest absolute Gasteiger partial charge is 0.323 e. The number of benzene rings is 1. The Morgan fingerprint density at radius 1 is 1.46 bits per heavy atom. The van der Waals surface area contributed by atoms with Crippen LogP contribution in [0.3, 0.4) is 0 Å². The Morgan fingerprint density at radius 2 is 2.23 bits per heavy atom. The van der Waals surface area contributed by atoms with Crippen LogP contribution in [0.1, 0.15) is 29.5 Å². The number of hydrogen-bond donors (Lipinski definition) is 2. The van der Waals surface area contributed by atoms with Crippen molar-refractivity contribution in [2.24, 2.45) is 5.41 Å². The number of urea groups is 1. The maximum absolute atomic E-state index is 13.3. The maximum Gasteiger partial charge on any atom is 0.323 e. The normalized spacial score (nSPS) is 19.6. The van der Waals surface area contributed by atoms with Gasteiger partial charge in [0.05, 0.1) is 11.1 Å². The number of carboxylic acids is 1. The van der Waals surface area contributed by atoms with Gasteiger partial charge in [-0.2, -0.15) is 0 Å². The molecular formula is C18H20FN3O3S. The van der Waals surface area contributed by atoms with E-state index in [0.717, 1.165) is 16.1 Å². The molecule has 0 spiro atoms. The first-order valence-corrected chi connectivity index (χ1v) is 9.08. The molecule has 2 N–H and O–H groups in total. The lowest BCUT2D eigenvalue weighted by atomic mass is 9.90. The number of carbonyl (C=O) groups is 2. The average molecular weight is 377 g/mol. The highest BCUT2D eigenvalue weighted by atomic mass is 32.1. The summed E-state index contributed by atoms with van der Waals surface area (Å²) in [5.41, 5.74) is 0.719. The van der Waals surface area contributed by atoms with Crippen LogP contribution in [-0.4, -0.2) is 40.1 Å².